The molecule has 2 N–H and O–H groups in total. The third kappa shape index (κ3) is 3.81. The van der Waals surface area contributed by atoms with Gasteiger partial charge in [-0.3, -0.25) is 0 Å². The minimum absolute atomic E-state index is 0.370. The van der Waals surface area contributed by atoms with Gasteiger partial charge in [0.1, 0.15) is 0 Å². The van der Waals surface area contributed by atoms with Crippen LogP contribution in [0.4, 0.5) is 0 Å². The van der Waals surface area contributed by atoms with Gasteiger partial charge in [-0.2, -0.15) is 4.98 Å². The van der Waals surface area contributed by atoms with E-state index in [1.807, 2.05) is 24.3 Å². The fourth-order valence-corrected chi connectivity index (χ4v) is 2.49. The van der Waals surface area contributed by atoms with Gasteiger partial charge in [0, 0.05) is 12.0 Å². The van der Waals surface area contributed by atoms with Gasteiger partial charge in [-0.25, -0.2) is 0 Å². The molecule has 0 amide bonds. The van der Waals surface area contributed by atoms with E-state index in [2.05, 4.69) is 24.0 Å². The van der Waals surface area contributed by atoms with Crippen LogP contribution < -0.4 is 5.73 Å². The Kier molecular flexibility index (Phi) is 5.15. The van der Waals surface area contributed by atoms with Crippen molar-refractivity contribution in [3.05, 3.63) is 35.2 Å². The quantitative estimate of drug-likeness (QED) is 0.884. The molecule has 1 unspecified atom stereocenters. The molecule has 1 atom stereocenters. The average Bonchev–Trinajstić information content (AvgIpc) is 2.86. The zero-order chi connectivity index (χ0) is 14.5. The monoisotopic (exact) mass is 293 g/mol. The highest BCUT2D eigenvalue weighted by atomic mass is 35.5. The van der Waals surface area contributed by atoms with Crippen molar-refractivity contribution in [2.45, 2.75) is 26.7 Å². The molecule has 0 aliphatic rings. The first-order valence-electron chi connectivity index (χ1n) is 6.87. The number of nitrogens with zero attached hydrogens (tertiary/aromatic N) is 2. The summed E-state index contributed by atoms with van der Waals surface area (Å²) in [6.07, 6.45) is 1.77. The fraction of sp³-hybridized carbons (Fsp3) is 0.467. The van der Waals surface area contributed by atoms with Crippen molar-refractivity contribution in [2.24, 2.45) is 17.6 Å². The van der Waals surface area contributed by atoms with E-state index in [-0.39, 0.29) is 0 Å². The summed E-state index contributed by atoms with van der Waals surface area (Å²) in [7, 11) is 0. The SMILES string of the molecule is CC(C)CC(CN)Cc1nc(-c2ccccc2Cl)no1. The van der Waals surface area contributed by atoms with E-state index >= 15 is 0 Å². The van der Waals surface area contributed by atoms with Gasteiger partial charge in [-0.1, -0.05) is 42.7 Å². The highest BCUT2D eigenvalue weighted by molar-refractivity contribution is 6.33. The minimum atomic E-state index is 0.370. The van der Waals surface area contributed by atoms with Gasteiger partial charge >= 0.3 is 0 Å². The normalized spacial score (nSPS) is 12.8. The summed E-state index contributed by atoms with van der Waals surface area (Å²) in [5.74, 6) is 2.13. The summed E-state index contributed by atoms with van der Waals surface area (Å²) in [6.45, 7) is 5.00. The molecule has 2 aromatic rings. The standard InChI is InChI=1S/C15H20ClN3O/c1-10(2)7-11(9-17)8-14-18-15(19-20-14)12-5-3-4-6-13(12)16/h3-6,10-11H,7-9,17H2,1-2H3. The van der Waals surface area contributed by atoms with E-state index in [1.165, 1.54) is 0 Å². The Balaban J connectivity index is 2.11. The molecule has 0 saturated heterocycles. The summed E-state index contributed by atoms with van der Waals surface area (Å²) in [6, 6.07) is 7.47. The van der Waals surface area contributed by atoms with Crippen molar-refractivity contribution in [1.82, 2.24) is 10.1 Å². The molecule has 1 heterocycles. The van der Waals surface area contributed by atoms with Crippen molar-refractivity contribution in [1.29, 1.82) is 0 Å². The largest absolute Gasteiger partial charge is 0.339 e. The summed E-state index contributed by atoms with van der Waals surface area (Å²) in [4.78, 5) is 4.42. The maximum atomic E-state index is 6.13. The molecule has 0 aliphatic heterocycles. The number of nitrogens with two attached hydrogens (primary N) is 1. The molecule has 1 aromatic heterocycles. The number of hydrogen-bond acceptors (Lipinski definition) is 4. The highest BCUT2D eigenvalue weighted by Crippen LogP contribution is 2.25. The third-order valence-electron chi connectivity index (χ3n) is 3.18. The fourth-order valence-electron chi connectivity index (χ4n) is 2.27. The molecule has 0 spiro atoms. The van der Waals surface area contributed by atoms with Gasteiger partial charge in [0.2, 0.25) is 11.7 Å². The zero-order valence-corrected chi connectivity index (χ0v) is 12.6. The van der Waals surface area contributed by atoms with Gasteiger partial charge < -0.3 is 10.3 Å². The second-order valence-electron chi connectivity index (χ2n) is 5.43. The van der Waals surface area contributed by atoms with Crippen molar-refractivity contribution < 1.29 is 4.52 Å². The van der Waals surface area contributed by atoms with Crippen LogP contribution in [-0.4, -0.2) is 16.7 Å². The molecule has 20 heavy (non-hydrogen) atoms. The second-order valence-corrected chi connectivity index (χ2v) is 5.83. The Morgan fingerprint density at radius 1 is 1.30 bits per heavy atom. The maximum absolute atomic E-state index is 6.13. The molecule has 4 nitrogen and oxygen atoms in total. The van der Waals surface area contributed by atoms with Crippen LogP contribution in [0.2, 0.25) is 5.02 Å². The summed E-state index contributed by atoms with van der Waals surface area (Å²) < 4.78 is 5.31. The lowest BCUT2D eigenvalue weighted by Gasteiger charge is -2.14. The number of aromatic nitrogens is 2. The summed E-state index contributed by atoms with van der Waals surface area (Å²) in [5.41, 5.74) is 6.59. The molecule has 2 rings (SSSR count). The average molecular weight is 294 g/mol. The Bertz CT molecular complexity index is 554. The summed E-state index contributed by atoms with van der Waals surface area (Å²) >= 11 is 6.13. The molecule has 0 radical (unpaired) electrons. The van der Waals surface area contributed by atoms with Crippen LogP contribution in [0.15, 0.2) is 28.8 Å². The molecule has 0 bridgehead atoms. The summed E-state index contributed by atoms with van der Waals surface area (Å²) in [5, 5.41) is 4.62. The molecule has 1 aromatic carbocycles. The predicted molar refractivity (Wildman–Crippen MR) is 80.4 cm³/mol. The molecule has 5 heteroatoms. The Morgan fingerprint density at radius 2 is 2.05 bits per heavy atom. The van der Waals surface area contributed by atoms with Crippen LogP contribution in [0.5, 0.6) is 0 Å². The lowest BCUT2D eigenvalue weighted by atomic mass is 9.94. The zero-order valence-electron chi connectivity index (χ0n) is 11.8. The molecule has 108 valence electrons. The first-order valence-corrected chi connectivity index (χ1v) is 7.25. The molecule has 0 fully saturated rings. The molecular weight excluding hydrogens is 274 g/mol. The van der Waals surface area contributed by atoms with Crippen LogP contribution >= 0.6 is 11.6 Å². The van der Waals surface area contributed by atoms with Crippen LogP contribution in [0.3, 0.4) is 0 Å². The number of rotatable bonds is 6. The molecular formula is C15H20ClN3O. The molecule has 0 saturated carbocycles. The van der Waals surface area contributed by atoms with Crippen LogP contribution in [0.25, 0.3) is 11.4 Å². The number of halogens is 1. The lowest BCUT2D eigenvalue weighted by Crippen LogP contribution is -2.19. The topological polar surface area (TPSA) is 64.9 Å². The van der Waals surface area contributed by atoms with Crippen LogP contribution in [-0.2, 0) is 6.42 Å². The Morgan fingerprint density at radius 3 is 2.70 bits per heavy atom. The number of hydrogen-bond donors (Lipinski definition) is 1. The number of benzene rings is 1. The van der Waals surface area contributed by atoms with Gasteiger partial charge in [0.15, 0.2) is 0 Å². The smallest absolute Gasteiger partial charge is 0.227 e. The van der Waals surface area contributed by atoms with E-state index in [0.717, 1.165) is 12.0 Å². The first-order chi connectivity index (χ1) is 9.60. The van der Waals surface area contributed by atoms with Crippen LogP contribution in [0.1, 0.15) is 26.2 Å². The van der Waals surface area contributed by atoms with Crippen LogP contribution in [0, 0.1) is 11.8 Å². The maximum Gasteiger partial charge on any atom is 0.227 e. The third-order valence-corrected chi connectivity index (χ3v) is 3.51. The van der Waals surface area contributed by atoms with E-state index in [9.17, 15) is 0 Å². The lowest BCUT2D eigenvalue weighted by molar-refractivity contribution is 0.332. The minimum Gasteiger partial charge on any atom is -0.339 e. The van der Waals surface area contributed by atoms with E-state index in [0.29, 0.717) is 41.5 Å². The van der Waals surface area contributed by atoms with E-state index in [4.69, 9.17) is 21.9 Å². The van der Waals surface area contributed by atoms with Gasteiger partial charge in [0.05, 0.1) is 5.02 Å². The first kappa shape index (κ1) is 15.0. The van der Waals surface area contributed by atoms with Crippen molar-refractivity contribution in [3.8, 4) is 11.4 Å². The Hall–Kier alpha value is -1.39. The van der Waals surface area contributed by atoms with E-state index < -0.39 is 0 Å². The van der Waals surface area contributed by atoms with Gasteiger partial charge in [-0.05, 0) is 36.9 Å². The van der Waals surface area contributed by atoms with Gasteiger partial charge in [0.25, 0.3) is 0 Å². The van der Waals surface area contributed by atoms with E-state index in [1.54, 1.807) is 0 Å². The van der Waals surface area contributed by atoms with Gasteiger partial charge in [-0.15, -0.1) is 0 Å². The van der Waals surface area contributed by atoms with Crippen molar-refractivity contribution in [2.75, 3.05) is 6.54 Å². The predicted octanol–water partition coefficient (Wildman–Crippen LogP) is 3.55. The highest BCUT2D eigenvalue weighted by Gasteiger charge is 2.16. The Labute approximate surface area is 124 Å². The van der Waals surface area contributed by atoms with Crippen molar-refractivity contribution >= 4 is 11.6 Å². The second kappa shape index (κ2) is 6.86. The molecule has 0 aliphatic carbocycles. The van der Waals surface area contributed by atoms with Crippen molar-refractivity contribution in [3.63, 3.8) is 0 Å².